The van der Waals surface area contributed by atoms with E-state index in [1.54, 1.807) is 6.07 Å². The summed E-state index contributed by atoms with van der Waals surface area (Å²) in [6.07, 6.45) is 0. The summed E-state index contributed by atoms with van der Waals surface area (Å²) in [5.41, 5.74) is 13.8. The molecule has 0 N–H and O–H groups in total. The molecule has 1 aliphatic rings. The summed E-state index contributed by atoms with van der Waals surface area (Å²) in [6, 6.07) is 57.5. The second-order valence-corrected chi connectivity index (χ2v) is 13.6. The number of benzene rings is 7. The van der Waals surface area contributed by atoms with Gasteiger partial charge in [-0.3, -0.25) is 0 Å². The highest BCUT2D eigenvalue weighted by molar-refractivity contribution is 6.09. The number of aromatic nitrogens is 1. The van der Waals surface area contributed by atoms with Crippen LogP contribution in [0.4, 0.5) is 22.7 Å². The minimum absolute atomic E-state index is 0.185. The van der Waals surface area contributed by atoms with Crippen LogP contribution in [-0.4, -0.2) is 4.57 Å². The van der Waals surface area contributed by atoms with Crippen molar-refractivity contribution in [1.29, 1.82) is 5.26 Å². The molecule has 0 radical (unpaired) electrons. The Morgan fingerprint density at radius 2 is 1.08 bits per heavy atom. The number of para-hydroxylation sites is 4. The van der Waals surface area contributed by atoms with Crippen molar-refractivity contribution < 1.29 is 0 Å². The Morgan fingerprint density at radius 1 is 0.569 bits per heavy atom. The van der Waals surface area contributed by atoms with E-state index in [2.05, 4.69) is 168 Å². The second kappa shape index (κ2) is 11.6. The number of rotatable bonds is 4. The van der Waals surface area contributed by atoms with Crippen molar-refractivity contribution in [3.63, 3.8) is 0 Å². The van der Waals surface area contributed by atoms with E-state index in [0.717, 1.165) is 56.0 Å². The zero-order chi connectivity index (χ0) is 34.7. The van der Waals surface area contributed by atoms with Crippen molar-refractivity contribution in [2.75, 3.05) is 4.90 Å². The summed E-state index contributed by atoms with van der Waals surface area (Å²) in [4.78, 5) is 6.10. The van der Waals surface area contributed by atoms with Gasteiger partial charge in [-0.25, -0.2) is 4.85 Å². The Labute approximate surface area is 297 Å². The molecule has 0 amide bonds. The van der Waals surface area contributed by atoms with Gasteiger partial charge in [-0.05, 0) is 94.0 Å². The van der Waals surface area contributed by atoms with Crippen molar-refractivity contribution in [3.8, 4) is 34.0 Å². The van der Waals surface area contributed by atoms with E-state index in [-0.39, 0.29) is 5.41 Å². The fourth-order valence-corrected chi connectivity index (χ4v) is 8.04. The zero-order valence-electron chi connectivity index (χ0n) is 28.3. The van der Waals surface area contributed by atoms with Gasteiger partial charge in [0.1, 0.15) is 0 Å². The largest absolute Gasteiger partial charge is 0.310 e. The van der Waals surface area contributed by atoms with Gasteiger partial charge in [-0.15, -0.1) is 0 Å². The van der Waals surface area contributed by atoms with Crippen LogP contribution in [0.15, 0.2) is 158 Å². The number of hydrogen-bond acceptors (Lipinski definition) is 2. The Bertz CT molecular complexity index is 2630. The predicted octanol–water partition coefficient (Wildman–Crippen LogP) is 12.6. The predicted molar refractivity (Wildman–Crippen MR) is 209 cm³/mol. The summed E-state index contributed by atoms with van der Waals surface area (Å²) in [7, 11) is 0. The van der Waals surface area contributed by atoms with Gasteiger partial charge >= 0.3 is 0 Å². The molecular formula is C47H32N4. The fourth-order valence-electron chi connectivity index (χ4n) is 8.04. The first-order valence-corrected chi connectivity index (χ1v) is 17.1. The molecule has 4 nitrogen and oxygen atoms in total. The van der Waals surface area contributed by atoms with Gasteiger partial charge in [0, 0.05) is 33.1 Å². The smallest absolute Gasteiger partial charge is 0.189 e. The molecule has 51 heavy (non-hydrogen) atoms. The Hall–Kier alpha value is -6.88. The van der Waals surface area contributed by atoms with Gasteiger partial charge in [0.25, 0.3) is 0 Å². The summed E-state index contributed by atoms with van der Waals surface area (Å²) >= 11 is 0. The van der Waals surface area contributed by atoms with Crippen LogP contribution in [0.2, 0.25) is 0 Å². The molecular weight excluding hydrogens is 621 g/mol. The molecule has 8 aromatic rings. The van der Waals surface area contributed by atoms with Crippen molar-refractivity contribution in [1.82, 2.24) is 4.57 Å². The highest BCUT2D eigenvalue weighted by Crippen LogP contribution is 2.52. The van der Waals surface area contributed by atoms with E-state index in [1.807, 2.05) is 18.2 Å². The van der Waals surface area contributed by atoms with Crippen LogP contribution in [0.3, 0.4) is 0 Å². The zero-order valence-corrected chi connectivity index (χ0v) is 28.3. The maximum atomic E-state index is 9.85. The third kappa shape index (κ3) is 4.73. The molecule has 1 aromatic heterocycles. The van der Waals surface area contributed by atoms with Crippen LogP contribution < -0.4 is 4.90 Å². The van der Waals surface area contributed by atoms with Crippen LogP contribution in [0.5, 0.6) is 0 Å². The first-order valence-electron chi connectivity index (χ1n) is 17.1. The van der Waals surface area contributed by atoms with Crippen molar-refractivity contribution >= 4 is 44.6 Å². The lowest BCUT2D eigenvalue weighted by molar-refractivity contribution is 0.632. The van der Waals surface area contributed by atoms with E-state index < -0.39 is 0 Å². The van der Waals surface area contributed by atoms with Crippen LogP contribution in [0.25, 0.3) is 54.6 Å². The molecule has 240 valence electrons. The summed E-state index contributed by atoms with van der Waals surface area (Å²) in [5.74, 6) is 0. The minimum Gasteiger partial charge on any atom is -0.310 e. The molecule has 1 aliphatic heterocycles. The normalized spacial score (nSPS) is 13.0. The average molecular weight is 653 g/mol. The van der Waals surface area contributed by atoms with E-state index in [1.165, 1.54) is 21.9 Å². The SMILES string of the molecule is [C-]#[N+]c1cc(C#N)cc(-c2ccccc2-c2cc(N3c4ccccc4C(C)(C)c4ccccc43)cc(-n3c4ccccc4c4ccccc43)c2)c1. The lowest BCUT2D eigenvalue weighted by Gasteiger charge is -2.42. The number of nitrogens with zero attached hydrogens (tertiary/aromatic N) is 4. The molecule has 0 aliphatic carbocycles. The third-order valence-electron chi connectivity index (χ3n) is 10.4. The Balaban J connectivity index is 1.37. The maximum absolute atomic E-state index is 9.85. The minimum atomic E-state index is -0.185. The summed E-state index contributed by atoms with van der Waals surface area (Å²) in [6.45, 7) is 12.3. The highest BCUT2D eigenvalue weighted by Gasteiger charge is 2.36. The number of fused-ring (bicyclic) bond motifs is 5. The molecule has 0 saturated heterocycles. The lowest BCUT2D eigenvalue weighted by atomic mass is 9.73. The van der Waals surface area contributed by atoms with Crippen molar-refractivity contribution in [2.24, 2.45) is 0 Å². The first-order chi connectivity index (χ1) is 25.0. The van der Waals surface area contributed by atoms with Crippen molar-refractivity contribution in [2.45, 2.75) is 19.3 Å². The first kappa shape index (κ1) is 30.2. The molecule has 2 heterocycles. The summed E-state index contributed by atoms with van der Waals surface area (Å²) < 4.78 is 2.37. The standard InChI is InChI=1S/C47H32N4/c1-47(2)41-18-8-12-22-45(41)51(46-23-13-9-19-42(46)47)36-28-33(38-15-5-4-14-37(38)32-24-31(30-48)25-34(26-32)49-3)27-35(29-36)50-43-20-10-6-16-39(43)40-17-7-11-21-44(40)50/h4-29H,1-2H3. The van der Waals surface area contributed by atoms with E-state index in [9.17, 15) is 5.26 Å². The highest BCUT2D eigenvalue weighted by atomic mass is 15.2. The van der Waals surface area contributed by atoms with Gasteiger partial charge in [-0.1, -0.05) is 111 Å². The molecule has 0 unspecified atom stereocenters. The van der Waals surface area contributed by atoms with Gasteiger partial charge in [0.2, 0.25) is 0 Å². The number of anilines is 3. The van der Waals surface area contributed by atoms with E-state index in [0.29, 0.717) is 11.3 Å². The quantitative estimate of drug-likeness (QED) is 0.177. The third-order valence-corrected chi connectivity index (χ3v) is 10.4. The maximum Gasteiger partial charge on any atom is 0.189 e. The monoisotopic (exact) mass is 652 g/mol. The molecule has 9 rings (SSSR count). The Kier molecular flexibility index (Phi) is 6.88. The molecule has 7 aromatic carbocycles. The van der Waals surface area contributed by atoms with Gasteiger partial charge < -0.3 is 9.47 Å². The lowest BCUT2D eigenvalue weighted by Crippen LogP contribution is -2.30. The average Bonchev–Trinajstić information content (AvgIpc) is 3.52. The number of nitriles is 1. The fraction of sp³-hybridized carbons (Fsp3) is 0.0638. The molecule has 0 atom stereocenters. The number of hydrogen-bond donors (Lipinski definition) is 0. The van der Waals surface area contributed by atoms with Crippen LogP contribution in [-0.2, 0) is 5.41 Å². The van der Waals surface area contributed by atoms with Crippen LogP contribution in [0, 0.1) is 17.9 Å². The summed E-state index contributed by atoms with van der Waals surface area (Å²) in [5, 5.41) is 12.3. The molecule has 0 spiro atoms. The molecule has 4 heteroatoms. The second-order valence-electron chi connectivity index (χ2n) is 13.6. The topological polar surface area (TPSA) is 36.3 Å². The molecule has 0 saturated carbocycles. The van der Waals surface area contributed by atoms with Gasteiger partial charge in [-0.2, -0.15) is 5.26 Å². The Morgan fingerprint density at radius 3 is 1.67 bits per heavy atom. The molecule has 0 bridgehead atoms. The van der Waals surface area contributed by atoms with Gasteiger partial charge in [0.05, 0.1) is 35.0 Å². The van der Waals surface area contributed by atoms with E-state index >= 15 is 0 Å². The van der Waals surface area contributed by atoms with Crippen LogP contribution >= 0.6 is 0 Å². The van der Waals surface area contributed by atoms with Crippen LogP contribution in [0.1, 0.15) is 30.5 Å². The van der Waals surface area contributed by atoms with Crippen molar-refractivity contribution in [3.05, 3.63) is 186 Å². The van der Waals surface area contributed by atoms with Gasteiger partial charge in [0.15, 0.2) is 5.69 Å². The molecule has 0 fully saturated rings. The van der Waals surface area contributed by atoms with E-state index in [4.69, 9.17) is 6.57 Å².